The minimum atomic E-state index is -1.24. The van der Waals surface area contributed by atoms with Gasteiger partial charge in [-0.05, 0) is 36.8 Å². The lowest BCUT2D eigenvalue weighted by Gasteiger charge is -2.15. The fraction of sp³-hybridized carbons (Fsp3) is 0.263. The average molecular weight is 379 g/mol. The van der Waals surface area contributed by atoms with E-state index in [2.05, 4.69) is 5.32 Å². The molecule has 0 saturated carbocycles. The molecule has 2 aromatic carbocycles. The molecule has 8 heteroatoms. The van der Waals surface area contributed by atoms with E-state index in [-0.39, 0.29) is 6.42 Å². The Morgan fingerprint density at radius 1 is 1.04 bits per heavy atom. The van der Waals surface area contributed by atoms with E-state index in [0.29, 0.717) is 17.1 Å². The first-order chi connectivity index (χ1) is 12.8. The van der Waals surface area contributed by atoms with E-state index in [1.165, 1.54) is 27.2 Å². The summed E-state index contributed by atoms with van der Waals surface area (Å²) in [5.41, 5.74) is -0.00399. The summed E-state index contributed by atoms with van der Waals surface area (Å²) >= 11 is 0. The molecule has 0 bridgehead atoms. The largest absolute Gasteiger partial charge is 0.493 e. The molecule has 0 saturated heterocycles. The Kier molecular flexibility index (Phi) is 6.70. The van der Waals surface area contributed by atoms with Gasteiger partial charge < -0.3 is 19.5 Å². The van der Waals surface area contributed by atoms with Gasteiger partial charge in [-0.2, -0.15) is 0 Å². The Bertz CT molecular complexity index is 821. The Morgan fingerprint density at radius 3 is 2.26 bits per heavy atom. The number of hydrogen-bond donors (Lipinski definition) is 1. The van der Waals surface area contributed by atoms with Crippen LogP contribution in [0.3, 0.4) is 0 Å². The lowest BCUT2D eigenvalue weighted by Crippen LogP contribution is -2.31. The molecule has 27 heavy (non-hydrogen) atoms. The van der Waals surface area contributed by atoms with Crippen molar-refractivity contribution in [2.75, 3.05) is 19.5 Å². The van der Waals surface area contributed by atoms with E-state index in [4.69, 9.17) is 14.2 Å². The molecule has 1 amide bonds. The zero-order valence-corrected chi connectivity index (χ0v) is 15.0. The second-order valence-electron chi connectivity index (χ2n) is 5.58. The van der Waals surface area contributed by atoms with Gasteiger partial charge in [0.2, 0.25) is 0 Å². The van der Waals surface area contributed by atoms with Crippen molar-refractivity contribution in [3.8, 4) is 11.5 Å². The van der Waals surface area contributed by atoms with Gasteiger partial charge in [-0.25, -0.2) is 8.78 Å². The second-order valence-corrected chi connectivity index (χ2v) is 5.58. The van der Waals surface area contributed by atoms with Gasteiger partial charge in [0.15, 0.2) is 17.6 Å². The summed E-state index contributed by atoms with van der Waals surface area (Å²) in [6.07, 6.45) is -1.36. The Hall–Kier alpha value is -3.16. The highest BCUT2D eigenvalue weighted by Crippen LogP contribution is 2.27. The van der Waals surface area contributed by atoms with Crippen molar-refractivity contribution < 1.29 is 32.6 Å². The maximum atomic E-state index is 13.6. The predicted octanol–water partition coefficient (Wildman–Crippen LogP) is 3.09. The van der Waals surface area contributed by atoms with Crippen molar-refractivity contribution in [3.05, 3.63) is 53.6 Å². The van der Waals surface area contributed by atoms with E-state index in [1.54, 1.807) is 18.2 Å². The van der Waals surface area contributed by atoms with Crippen LogP contribution in [0.4, 0.5) is 14.5 Å². The van der Waals surface area contributed by atoms with Crippen molar-refractivity contribution in [2.24, 2.45) is 0 Å². The number of hydrogen-bond acceptors (Lipinski definition) is 5. The molecule has 1 N–H and O–H groups in total. The Balaban J connectivity index is 1.98. The first-order valence-electron chi connectivity index (χ1n) is 8.01. The molecule has 0 aliphatic carbocycles. The number of para-hydroxylation sites is 1. The molecule has 1 unspecified atom stereocenters. The van der Waals surface area contributed by atoms with Gasteiger partial charge >= 0.3 is 5.97 Å². The van der Waals surface area contributed by atoms with Crippen LogP contribution in [0.1, 0.15) is 12.5 Å². The van der Waals surface area contributed by atoms with Crippen LogP contribution in [-0.4, -0.2) is 32.2 Å². The molecule has 1 atom stereocenters. The number of halogens is 2. The highest BCUT2D eigenvalue weighted by atomic mass is 19.1. The molecule has 0 aliphatic heterocycles. The van der Waals surface area contributed by atoms with Crippen molar-refractivity contribution >= 4 is 17.6 Å². The standard InChI is InChI=1S/C19H19F2NO5/c1-11(19(24)22-18-13(20)5-4-6-14(18)21)27-17(23)10-12-7-8-15(25-2)16(9-12)26-3/h4-9,11H,10H2,1-3H3,(H,22,24). The zero-order chi connectivity index (χ0) is 20.0. The highest BCUT2D eigenvalue weighted by molar-refractivity contribution is 5.95. The topological polar surface area (TPSA) is 73.9 Å². The Morgan fingerprint density at radius 2 is 1.67 bits per heavy atom. The number of anilines is 1. The monoisotopic (exact) mass is 379 g/mol. The van der Waals surface area contributed by atoms with Crippen molar-refractivity contribution in [1.29, 1.82) is 0 Å². The first-order valence-corrected chi connectivity index (χ1v) is 8.01. The van der Waals surface area contributed by atoms with Crippen molar-refractivity contribution in [2.45, 2.75) is 19.4 Å². The normalized spacial score (nSPS) is 11.4. The van der Waals surface area contributed by atoms with Crippen LogP contribution >= 0.6 is 0 Å². The van der Waals surface area contributed by atoms with Crippen LogP contribution < -0.4 is 14.8 Å². The van der Waals surface area contributed by atoms with Gasteiger partial charge in [0.25, 0.3) is 5.91 Å². The third kappa shape index (κ3) is 5.16. The summed E-state index contributed by atoms with van der Waals surface area (Å²) in [7, 11) is 2.96. The molecular formula is C19H19F2NO5. The number of rotatable bonds is 7. The molecule has 2 rings (SSSR count). The quantitative estimate of drug-likeness (QED) is 0.749. The number of amides is 1. The molecule has 144 valence electrons. The predicted molar refractivity (Wildman–Crippen MR) is 93.8 cm³/mol. The smallest absolute Gasteiger partial charge is 0.311 e. The molecule has 0 aromatic heterocycles. The molecule has 0 spiro atoms. The molecule has 0 fully saturated rings. The lowest BCUT2D eigenvalue weighted by molar-refractivity contribution is -0.152. The van der Waals surface area contributed by atoms with Gasteiger partial charge in [0.05, 0.1) is 20.6 Å². The summed E-state index contributed by atoms with van der Waals surface area (Å²) in [6, 6.07) is 8.09. The summed E-state index contributed by atoms with van der Waals surface area (Å²) < 4.78 is 42.4. The van der Waals surface area contributed by atoms with Gasteiger partial charge in [-0.1, -0.05) is 12.1 Å². The molecule has 0 radical (unpaired) electrons. The number of benzene rings is 2. The SMILES string of the molecule is COc1ccc(CC(=O)OC(C)C(=O)Nc2c(F)cccc2F)cc1OC. The number of ether oxygens (including phenoxy) is 3. The zero-order valence-electron chi connectivity index (χ0n) is 15.0. The van der Waals surface area contributed by atoms with Crippen molar-refractivity contribution in [3.63, 3.8) is 0 Å². The van der Waals surface area contributed by atoms with E-state index in [0.717, 1.165) is 12.1 Å². The fourth-order valence-corrected chi connectivity index (χ4v) is 2.29. The maximum absolute atomic E-state index is 13.6. The van der Waals surface area contributed by atoms with E-state index >= 15 is 0 Å². The summed E-state index contributed by atoms with van der Waals surface area (Å²) in [5.74, 6) is -2.42. The van der Waals surface area contributed by atoms with Gasteiger partial charge in [0, 0.05) is 0 Å². The number of methoxy groups -OCH3 is 2. The van der Waals surface area contributed by atoms with Gasteiger partial charge in [-0.15, -0.1) is 0 Å². The number of nitrogens with one attached hydrogen (secondary N) is 1. The molecule has 2 aromatic rings. The molecule has 0 heterocycles. The summed E-state index contributed by atoms with van der Waals surface area (Å²) in [6.45, 7) is 1.31. The van der Waals surface area contributed by atoms with Crippen LogP contribution in [-0.2, 0) is 20.7 Å². The van der Waals surface area contributed by atoms with Crippen LogP contribution in [0.15, 0.2) is 36.4 Å². The van der Waals surface area contributed by atoms with Crippen LogP contribution in [0.5, 0.6) is 11.5 Å². The minimum Gasteiger partial charge on any atom is -0.493 e. The van der Waals surface area contributed by atoms with E-state index in [9.17, 15) is 18.4 Å². The molecule has 6 nitrogen and oxygen atoms in total. The Labute approximate surface area is 155 Å². The summed E-state index contributed by atoms with van der Waals surface area (Å²) in [4.78, 5) is 24.1. The molecular weight excluding hydrogens is 360 g/mol. The number of carbonyl (C=O) groups excluding carboxylic acids is 2. The number of esters is 1. The van der Waals surface area contributed by atoms with E-state index in [1.807, 2.05) is 0 Å². The van der Waals surface area contributed by atoms with Crippen LogP contribution in [0, 0.1) is 11.6 Å². The van der Waals surface area contributed by atoms with Gasteiger partial charge in [-0.3, -0.25) is 9.59 Å². The summed E-state index contributed by atoms with van der Waals surface area (Å²) in [5, 5.41) is 2.08. The van der Waals surface area contributed by atoms with Gasteiger partial charge in [0.1, 0.15) is 17.3 Å². The third-order valence-electron chi connectivity index (χ3n) is 3.68. The van der Waals surface area contributed by atoms with Crippen molar-refractivity contribution in [1.82, 2.24) is 0 Å². The maximum Gasteiger partial charge on any atom is 0.311 e. The minimum absolute atomic E-state index is 0.119. The van der Waals surface area contributed by atoms with Crippen LogP contribution in [0.2, 0.25) is 0 Å². The number of carbonyl (C=O) groups is 2. The third-order valence-corrected chi connectivity index (χ3v) is 3.68. The van der Waals surface area contributed by atoms with E-state index < -0.39 is 35.3 Å². The van der Waals surface area contributed by atoms with Crippen LogP contribution in [0.25, 0.3) is 0 Å². The molecule has 0 aliphatic rings. The average Bonchev–Trinajstić information content (AvgIpc) is 2.64. The fourth-order valence-electron chi connectivity index (χ4n) is 2.29. The first kappa shape index (κ1) is 20.2. The second kappa shape index (κ2) is 8.98. The highest BCUT2D eigenvalue weighted by Gasteiger charge is 2.21. The lowest BCUT2D eigenvalue weighted by atomic mass is 10.1.